The summed E-state index contributed by atoms with van der Waals surface area (Å²) < 4.78 is 31.9. The van der Waals surface area contributed by atoms with Crippen LogP contribution in [-0.4, -0.2) is 59.8 Å². The average molecular weight is 419 g/mol. The molecule has 0 spiro atoms. The van der Waals surface area contributed by atoms with Gasteiger partial charge in [0.2, 0.25) is 10.0 Å². The van der Waals surface area contributed by atoms with Crippen molar-refractivity contribution in [1.29, 1.82) is 0 Å². The molecular formula is C15H16Cl2N4O4S. The molecule has 140 valence electrons. The van der Waals surface area contributed by atoms with E-state index in [9.17, 15) is 13.2 Å². The van der Waals surface area contributed by atoms with Crippen LogP contribution in [0.4, 0.5) is 0 Å². The SMILES string of the molecule is Cc1noc(C)c1S(=O)(=O)N1CCN(C(=O)c2cnc(Cl)c(Cl)c2)CC1. The minimum atomic E-state index is -3.72. The lowest BCUT2D eigenvalue weighted by molar-refractivity contribution is 0.0697. The summed E-state index contributed by atoms with van der Waals surface area (Å²) in [4.78, 5) is 18.1. The fourth-order valence-corrected chi connectivity index (χ4v) is 4.81. The third kappa shape index (κ3) is 3.44. The van der Waals surface area contributed by atoms with Gasteiger partial charge in [-0.1, -0.05) is 28.4 Å². The Bertz CT molecular complexity index is 933. The highest BCUT2D eigenvalue weighted by Crippen LogP contribution is 2.25. The van der Waals surface area contributed by atoms with Crippen molar-refractivity contribution in [3.8, 4) is 0 Å². The highest BCUT2D eigenvalue weighted by atomic mass is 35.5. The summed E-state index contributed by atoms with van der Waals surface area (Å²) in [5, 5.41) is 4.02. The van der Waals surface area contributed by atoms with E-state index in [1.165, 1.54) is 16.6 Å². The van der Waals surface area contributed by atoms with Gasteiger partial charge in [0.1, 0.15) is 15.7 Å². The number of carbonyl (C=O) groups excluding carboxylic acids is 1. The Kier molecular flexibility index (Phi) is 5.25. The maximum Gasteiger partial charge on any atom is 0.255 e. The van der Waals surface area contributed by atoms with Crippen molar-refractivity contribution in [3.05, 3.63) is 39.5 Å². The fraction of sp³-hybridized carbons (Fsp3) is 0.400. The molecule has 0 unspecified atom stereocenters. The van der Waals surface area contributed by atoms with E-state index in [1.54, 1.807) is 18.7 Å². The van der Waals surface area contributed by atoms with Gasteiger partial charge in [0.15, 0.2) is 5.76 Å². The molecule has 26 heavy (non-hydrogen) atoms. The van der Waals surface area contributed by atoms with Gasteiger partial charge in [-0.3, -0.25) is 4.79 Å². The van der Waals surface area contributed by atoms with E-state index < -0.39 is 10.0 Å². The van der Waals surface area contributed by atoms with Gasteiger partial charge in [-0.2, -0.15) is 4.31 Å². The molecular weight excluding hydrogens is 403 g/mol. The first-order chi connectivity index (χ1) is 12.2. The van der Waals surface area contributed by atoms with Gasteiger partial charge in [-0.05, 0) is 19.9 Å². The summed E-state index contributed by atoms with van der Waals surface area (Å²) in [7, 11) is -3.72. The number of halogens is 2. The lowest BCUT2D eigenvalue weighted by atomic mass is 10.2. The van der Waals surface area contributed by atoms with Crippen molar-refractivity contribution in [2.75, 3.05) is 26.2 Å². The molecule has 3 heterocycles. The quantitative estimate of drug-likeness (QED) is 0.708. The van der Waals surface area contributed by atoms with Crippen LogP contribution >= 0.6 is 23.2 Å². The van der Waals surface area contributed by atoms with E-state index in [2.05, 4.69) is 10.1 Å². The smallest absolute Gasteiger partial charge is 0.255 e. The monoisotopic (exact) mass is 418 g/mol. The van der Waals surface area contributed by atoms with Crippen LogP contribution in [0.2, 0.25) is 10.2 Å². The van der Waals surface area contributed by atoms with Gasteiger partial charge in [0.05, 0.1) is 10.6 Å². The van der Waals surface area contributed by atoms with Gasteiger partial charge in [-0.25, -0.2) is 13.4 Å². The van der Waals surface area contributed by atoms with Crippen LogP contribution in [-0.2, 0) is 10.0 Å². The molecule has 1 aliphatic rings. The Morgan fingerprint density at radius 2 is 1.85 bits per heavy atom. The molecule has 11 heteroatoms. The largest absolute Gasteiger partial charge is 0.360 e. The van der Waals surface area contributed by atoms with Gasteiger partial charge in [0.25, 0.3) is 5.91 Å². The number of carbonyl (C=O) groups is 1. The van der Waals surface area contributed by atoms with Crippen LogP contribution in [0.1, 0.15) is 21.8 Å². The molecule has 0 aliphatic carbocycles. The van der Waals surface area contributed by atoms with E-state index >= 15 is 0 Å². The maximum absolute atomic E-state index is 12.8. The van der Waals surface area contributed by atoms with Gasteiger partial charge < -0.3 is 9.42 Å². The topological polar surface area (TPSA) is 96.6 Å². The van der Waals surface area contributed by atoms with E-state index in [1.807, 2.05) is 0 Å². The first-order valence-corrected chi connectivity index (χ1v) is 9.94. The van der Waals surface area contributed by atoms with E-state index in [-0.39, 0.29) is 52.9 Å². The standard InChI is InChI=1S/C15H16Cl2N4O4S/c1-9-13(10(2)25-19-9)26(23,24)21-5-3-20(4-6-21)15(22)11-7-12(16)14(17)18-8-11/h7-8H,3-6H2,1-2H3. The molecule has 0 radical (unpaired) electrons. The average Bonchev–Trinajstić information content (AvgIpc) is 2.96. The van der Waals surface area contributed by atoms with Crippen molar-refractivity contribution in [2.24, 2.45) is 0 Å². The molecule has 0 saturated carbocycles. The summed E-state index contributed by atoms with van der Waals surface area (Å²) in [5.41, 5.74) is 0.629. The third-order valence-electron chi connectivity index (χ3n) is 4.13. The summed E-state index contributed by atoms with van der Waals surface area (Å²) in [5.74, 6) is -0.0201. The zero-order valence-corrected chi connectivity index (χ0v) is 16.4. The Labute approximate surface area is 160 Å². The van der Waals surface area contributed by atoms with Gasteiger partial charge in [0, 0.05) is 32.4 Å². The maximum atomic E-state index is 12.8. The molecule has 2 aromatic rings. The van der Waals surface area contributed by atoms with Gasteiger partial charge >= 0.3 is 0 Å². The van der Waals surface area contributed by atoms with E-state index in [0.717, 1.165) is 0 Å². The summed E-state index contributed by atoms with van der Waals surface area (Å²) >= 11 is 11.7. The highest BCUT2D eigenvalue weighted by Gasteiger charge is 2.34. The minimum Gasteiger partial charge on any atom is -0.360 e. The number of aromatic nitrogens is 2. The zero-order chi connectivity index (χ0) is 19.1. The van der Waals surface area contributed by atoms with E-state index in [4.69, 9.17) is 27.7 Å². The van der Waals surface area contributed by atoms with Crippen molar-refractivity contribution in [2.45, 2.75) is 18.7 Å². The number of pyridine rings is 1. The second kappa shape index (κ2) is 7.15. The minimum absolute atomic E-state index is 0.0889. The predicted molar refractivity (Wildman–Crippen MR) is 94.9 cm³/mol. The van der Waals surface area contributed by atoms with Crippen LogP contribution in [0.5, 0.6) is 0 Å². The molecule has 0 aromatic carbocycles. The lowest BCUT2D eigenvalue weighted by Gasteiger charge is -2.33. The first kappa shape index (κ1) is 19.1. The number of aryl methyl sites for hydroxylation is 2. The lowest BCUT2D eigenvalue weighted by Crippen LogP contribution is -2.50. The summed E-state index contributed by atoms with van der Waals surface area (Å²) in [6, 6.07) is 1.45. The molecule has 1 aliphatic heterocycles. The zero-order valence-electron chi connectivity index (χ0n) is 14.1. The van der Waals surface area contributed by atoms with Crippen molar-refractivity contribution in [1.82, 2.24) is 19.3 Å². The molecule has 1 saturated heterocycles. The molecule has 0 N–H and O–H groups in total. The Hall–Kier alpha value is -1.68. The molecule has 0 bridgehead atoms. The number of piperazine rings is 1. The molecule has 8 nitrogen and oxygen atoms in total. The Morgan fingerprint density at radius 3 is 2.38 bits per heavy atom. The second-order valence-corrected chi connectivity index (χ2v) is 8.49. The first-order valence-electron chi connectivity index (χ1n) is 7.75. The summed E-state index contributed by atoms with van der Waals surface area (Å²) in [6.07, 6.45) is 1.35. The van der Waals surface area contributed by atoms with E-state index in [0.29, 0.717) is 11.3 Å². The third-order valence-corrected chi connectivity index (χ3v) is 6.96. The number of sulfonamides is 1. The normalized spacial score (nSPS) is 16.1. The number of hydrogen-bond donors (Lipinski definition) is 0. The fourth-order valence-electron chi connectivity index (χ4n) is 2.82. The van der Waals surface area contributed by atoms with Crippen LogP contribution in [0.3, 0.4) is 0 Å². The van der Waals surface area contributed by atoms with Gasteiger partial charge in [-0.15, -0.1) is 0 Å². The molecule has 1 fully saturated rings. The summed E-state index contributed by atoms with van der Waals surface area (Å²) in [6.45, 7) is 3.99. The van der Waals surface area contributed by atoms with Crippen molar-refractivity contribution >= 4 is 39.1 Å². The predicted octanol–water partition coefficient (Wildman–Crippen LogP) is 2.14. The van der Waals surface area contributed by atoms with Crippen molar-refractivity contribution in [3.63, 3.8) is 0 Å². The molecule has 1 amide bonds. The number of nitrogens with zero attached hydrogens (tertiary/aromatic N) is 4. The van der Waals surface area contributed by atoms with Crippen LogP contribution < -0.4 is 0 Å². The van der Waals surface area contributed by atoms with Crippen LogP contribution in [0, 0.1) is 13.8 Å². The van der Waals surface area contributed by atoms with Crippen LogP contribution in [0.25, 0.3) is 0 Å². The Morgan fingerprint density at radius 1 is 1.19 bits per heavy atom. The number of rotatable bonds is 3. The second-order valence-electron chi connectivity index (χ2n) is 5.85. The van der Waals surface area contributed by atoms with Crippen molar-refractivity contribution < 1.29 is 17.7 Å². The molecule has 2 aromatic heterocycles. The molecule has 0 atom stereocenters. The van der Waals surface area contributed by atoms with Crippen LogP contribution in [0.15, 0.2) is 21.7 Å². The number of hydrogen-bond acceptors (Lipinski definition) is 6. The highest BCUT2D eigenvalue weighted by molar-refractivity contribution is 7.89. The Balaban J connectivity index is 1.73. The molecule has 3 rings (SSSR count). The number of amides is 1.